The number of benzene rings is 1. The fourth-order valence-corrected chi connectivity index (χ4v) is 3.33. The van der Waals surface area contributed by atoms with Crippen molar-refractivity contribution in [2.45, 2.75) is 58.5 Å². The van der Waals surface area contributed by atoms with Crippen molar-refractivity contribution >= 4 is 17.9 Å². The Labute approximate surface area is 197 Å². The van der Waals surface area contributed by atoms with E-state index in [2.05, 4.69) is 47.0 Å². The van der Waals surface area contributed by atoms with Gasteiger partial charge in [0, 0.05) is 51.1 Å². The number of nitrogens with two attached hydrogens (primary N) is 1. The van der Waals surface area contributed by atoms with E-state index in [0.29, 0.717) is 19.5 Å². The zero-order valence-electron chi connectivity index (χ0n) is 19.6. The highest BCUT2D eigenvalue weighted by Crippen LogP contribution is 2.12. The summed E-state index contributed by atoms with van der Waals surface area (Å²) < 4.78 is 0. The van der Waals surface area contributed by atoms with E-state index in [1.165, 1.54) is 5.56 Å². The standard InChI is InChI=1S/C26H37N5O2/c1-2-16-29-30-20-23-10-12-24(13-11-23)21-31(18-6-4-3-5-9-25(27)32)26(33)15-14-22-8-7-17-28-19-22/h7-8,10-15,17,19,29-30H,2-6,9,16,18,20-21H2,1H3,(H2,27,32)/b15-14+. The summed E-state index contributed by atoms with van der Waals surface area (Å²) in [4.78, 5) is 29.8. The Morgan fingerprint density at radius 3 is 2.48 bits per heavy atom. The van der Waals surface area contributed by atoms with Gasteiger partial charge in [-0.15, -0.1) is 0 Å². The molecule has 0 bridgehead atoms. The van der Waals surface area contributed by atoms with Crippen LogP contribution in [0.25, 0.3) is 6.08 Å². The first-order valence-corrected chi connectivity index (χ1v) is 11.8. The van der Waals surface area contributed by atoms with E-state index in [4.69, 9.17) is 5.73 Å². The second-order valence-electron chi connectivity index (χ2n) is 8.11. The fraction of sp³-hybridized carbons (Fsp3) is 0.423. The van der Waals surface area contributed by atoms with Gasteiger partial charge in [0.05, 0.1) is 0 Å². The summed E-state index contributed by atoms with van der Waals surface area (Å²) >= 11 is 0. The molecule has 0 atom stereocenters. The van der Waals surface area contributed by atoms with Gasteiger partial charge in [0.2, 0.25) is 11.8 Å². The number of unbranched alkanes of at least 4 members (excludes halogenated alkanes) is 3. The molecule has 2 aromatic rings. The van der Waals surface area contributed by atoms with Crippen LogP contribution in [-0.2, 0) is 22.7 Å². The van der Waals surface area contributed by atoms with Crippen molar-refractivity contribution in [2.75, 3.05) is 13.1 Å². The monoisotopic (exact) mass is 451 g/mol. The van der Waals surface area contributed by atoms with E-state index in [0.717, 1.165) is 56.3 Å². The Balaban J connectivity index is 1.93. The number of pyridine rings is 1. The smallest absolute Gasteiger partial charge is 0.246 e. The molecule has 1 aromatic carbocycles. The Morgan fingerprint density at radius 1 is 1.03 bits per heavy atom. The Hall–Kier alpha value is -3.03. The van der Waals surface area contributed by atoms with Crippen LogP contribution < -0.4 is 16.6 Å². The summed E-state index contributed by atoms with van der Waals surface area (Å²) in [5.74, 6) is -0.280. The molecule has 7 heteroatoms. The average Bonchev–Trinajstić information content (AvgIpc) is 2.83. The van der Waals surface area contributed by atoms with Crippen LogP contribution in [0.3, 0.4) is 0 Å². The van der Waals surface area contributed by atoms with Gasteiger partial charge in [-0.3, -0.25) is 25.4 Å². The van der Waals surface area contributed by atoms with Gasteiger partial charge in [0.15, 0.2) is 0 Å². The van der Waals surface area contributed by atoms with Crippen LogP contribution in [0, 0.1) is 0 Å². The number of hydrogen-bond acceptors (Lipinski definition) is 5. The summed E-state index contributed by atoms with van der Waals surface area (Å²) in [5, 5.41) is 0. The topological polar surface area (TPSA) is 100 Å². The molecule has 2 rings (SSSR count). The maximum absolute atomic E-state index is 12.9. The zero-order valence-corrected chi connectivity index (χ0v) is 19.6. The van der Waals surface area contributed by atoms with E-state index in [1.54, 1.807) is 24.5 Å². The molecule has 0 aliphatic carbocycles. The Kier molecular flexibility index (Phi) is 12.5. The number of hydrazine groups is 1. The number of carbonyl (C=O) groups excluding carboxylic acids is 2. The average molecular weight is 452 g/mol. The summed E-state index contributed by atoms with van der Waals surface area (Å²) in [7, 11) is 0. The Bertz CT molecular complexity index is 853. The molecular formula is C26H37N5O2. The number of nitrogens with one attached hydrogen (secondary N) is 2. The molecule has 1 aromatic heterocycles. The number of rotatable bonds is 16. The summed E-state index contributed by atoms with van der Waals surface area (Å²) in [6.07, 6.45) is 11.9. The second-order valence-corrected chi connectivity index (χ2v) is 8.11. The normalized spacial score (nSPS) is 11.1. The zero-order chi connectivity index (χ0) is 23.7. The molecular weight excluding hydrogens is 414 g/mol. The van der Waals surface area contributed by atoms with Crippen LogP contribution >= 0.6 is 0 Å². The van der Waals surface area contributed by atoms with Crippen molar-refractivity contribution in [3.8, 4) is 0 Å². The minimum atomic E-state index is -0.257. The molecule has 0 spiro atoms. The number of nitrogens with zero attached hydrogens (tertiary/aromatic N) is 2. The fourth-order valence-electron chi connectivity index (χ4n) is 3.33. The quantitative estimate of drug-likeness (QED) is 0.206. The first-order valence-electron chi connectivity index (χ1n) is 11.8. The molecule has 2 amide bonds. The number of aromatic nitrogens is 1. The largest absolute Gasteiger partial charge is 0.370 e. The molecule has 0 aliphatic heterocycles. The van der Waals surface area contributed by atoms with E-state index in [9.17, 15) is 9.59 Å². The number of primary amides is 1. The van der Waals surface area contributed by atoms with Crippen LogP contribution in [-0.4, -0.2) is 34.8 Å². The molecule has 0 aliphatic rings. The van der Waals surface area contributed by atoms with Gasteiger partial charge < -0.3 is 10.6 Å². The lowest BCUT2D eigenvalue weighted by Gasteiger charge is -2.22. The minimum Gasteiger partial charge on any atom is -0.370 e. The lowest BCUT2D eigenvalue weighted by Crippen LogP contribution is -2.31. The molecule has 178 valence electrons. The van der Waals surface area contributed by atoms with E-state index in [1.807, 2.05) is 17.0 Å². The molecule has 0 radical (unpaired) electrons. The Morgan fingerprint density at radius 2 is 1.79 bits per heavy atom. The third-order valence-corrected chi connectivity index (χ3v) is 5.20. The van der Waals surface area contributed by atoms with Crippen molar-refractivity contribution in [3.63, 3.8) is 0 Å². The molecule has 0 saturated carbocycles. The van der Waals surface area contributed by atoms with Crippen LogP contribution in [0.2, 0.25) is 0 Å². The van der Waals surface area contributed by atoms with E-state index < -0.39 is 0 Å². The number of amides is 2. The van der Waals surface area contributed by atoms with Crippen molar-refractivity contribution in [1.82, 2.24) is 20.7 Å². The van der Waals surface area contributed by atoms with Gasteiger partial charge in [-0.25, -0.2) is 0 Å². The van der Waals surface area contributed by atoms with Gasteiger partial charge in [-0.05, 0) is 48.1 Å². The molecule has 4 N–H and O–H groups in total. The predicted molar refractivity (Wildman–Crippen MR) is 133 cm³/mol. The molecule has 1 heterocycles. The number of carbonyl (C=O) groups is 2. The van der Waals surface area contributed by atoms with Crippen molar-refractivity contribution < 1.29 is 9.59 Å². The van der Waals surface area contributed by atoms with Crippen molar-refractivity contribution in [1.29, 1.82) is 0 Å². The first kappa shape index (κ1) is 26.2. The van der Waals surface area contributed by atoms with Gasteiger partial charge >= 0.3 is 0 Å². The van der Waals surface area contributed by atoms with Gasteiger partial charge in [0.25, 0.3) is 0 Å². The lowest BCUT2D eigenvalue weighted by molar-refractivity contribution is -0.126. The van der Waals surface area contributed by atoms with E-state index >= 15 is 0 Å². The van der Waals surface area contributed by atoms with Crippen LogP contribution in [0.1, 0.15) is 62.1 Å². The first-order chi connectivity index (χ1) is 16.1. The van der Waals surface area contributed by atoms with Gasteiger partial charge in [0.1, 0.15) is 0 Å². The molecule has 7 nitrogen and oxygen atoms in total. The highest BCUT2D eigenvalue weighted by Gasteiger charge is 2.11. The van der Waals surface area contributed by atoms with Crippen molar-refractivity contribution in [2.24, 2.45) is 5.73 Å². The maximum Gasteiger partial charge on any atom is 0.246 e. The van der Waals surface area contributed by atoms with Gasteiger partial charge in [-0.1, -0.05) is 50.1 Å². The third kappa shape index (κ3) is 11.4. The second kappa shape index (κ2) is 15.7. The minimum absolute atomic E-state index is 0.0227. The highest BCUT2D eigenvalue weighted by molar-refractivity contribution is 5.91. The maximum atomic E-state index is 12.9. The van der Waals surface area contributed by atoms with Crippen LogP contribution in [0.15, 0.2) is 54.9 Å². The molecule has 0 saturated heterocycles. The van der Waals surface area contributed by atoms with Crippen molar-refractivity contribution in [3.05, 3.63) is 71.6 Å². The third-order valence-electron chi connectivity index (χ3n) is 5.20. The molecule has 33 heavy (non-hydrogen) atoms. The van der Waals surface area contributed by atoms with Crippen LogP contribution in [0.5, 0.6) is 0 Å². The molecule has 0 fully saturated rings. The summed E-state index contributed by atoms with van der Waals surface area (Å²) in [5.41, 5.74) is 14.8. The highest BCUT2D eigenvalue weighted by atomic mass is 16.2. The SMILES string of the molecule is CCCNNCc1ccc(CN(CCCCCCC(N)=O)C(=O)/C=C/c2cccnc2)cc1. The lowest BCUT2D eigenvalue weighted by atomic mass is 10.1. The van der Waals surface area contributed by atoms with Gasteiger partial charge in [-0.2, -0.15) is 0 Å². The number of hydrogen-bond donors (Lipinski definition) is 3. The summed E-state index contributed by atoms with van der Waals surface area (Å²) in [6, 6.07) is 12.1. The molecule has 0 unspecified atom stereocenters. The van der Waals surface area contributed by atoms with E-state index in [-0.39, 0.29) is 11.8 Å². The predicted octanol–water partition coefficient (Wildman–Crippen LogP) is 3.56. The van der Waals surface area contributed by atoms with Crippen LogP contribution in [0.4, 0.5) is 0 Å². The summed E-state index contributed by atoms with van der Waals surface area (Å²) in [6.45, 7) is 5.03.